The van der Waals surface area contributed by atoms with Crippen molar-refractivity contribution in [3.05, 3.63) is 206 Å². The van der Waals surface area contributed by atoms with E-state index in [2.05, 4.69) is 224 Å². The molecule has 4 heteroatoms. The van der Waals surface area contributed by atoms with Gasteiger partial charge in [-0.1, -0.05) is 134 Å². The summed E-state index contributed by atoms with van der Waals surface area (Å²) < 4.78 is 2.62. The molecule has 4 atom stereocenters. The average molecular weight is 823 g/mol. The second-order valence-corrected chi connectivity index (χ2v) is 18.7. The fourth-order valence-electron chi connectivity index (χ4n) is 10.0. The van der Waals surface area contributed by atoms with Gasteiger partial charge in [0, 0.05) is 75.8 Å². The van der Waals surface area contributed by atoms with Gasteiger partial charge in [-0.2, -0.15) is 0 Å². The standard InChI is InChI=1S/C57H46N2S2/c1-4-17-37(3)51(18-5-2)59(40-30-32-57-50(34-40)46-26-14-16-28-55(46)61-57)53-36-48-41-21-9-11-23-43(41)52(35-47(48)42-22-10-12-24-44(42)53)58(38-19-7-6-8-20-38)39-29-31-56-49(33-39)45-25-13-15-27-54(45)60-56/h4-17,19-37,46,51,55H,2,18H2,1,3H3/b17-4-. The molecular formula is C57H46N2S2. The molecule has 0 saturated heterocycles. The van der Waals surface area contributed by atoms with Gasteiger partial charge < -0.3 is 9.80 Å². The molecule has 2 aliphatic rings. The number of thiophene rings is 1. The van der Waals surface area contributed by atoms with Crippen LogP contribution in [0.4, 0.5) is 28.4 Å². The summed E-state index contributed by atoms with van der Waals surface area (Å²) in [4.78, 5) is 6.49. The fraction of sp³-hybridized carbons (Fsp3) is 0.123. The van der Waals surface area contributed by atoms with Gasteiger partial charge in [-0.3, -0.25) is 0 Å². The Morgan fingerprint density at radius 1 is 0.590 bits per heavy atom. The summed E-state index contributed by atoms with van der Waals surface area (Å²) in [6, 6.07) is 57.0. The van der Waals surface area contributed by atoms with Gasteiger partial charge >= 0.3 is 0 Å². The Bertz CT molecular complexity index is 3250. The van der Waals surface area contributed by atoms with Gasteiger partial charge in [0.05, 0.1) is 5.69 Å². The molecule has 296 valence electrons. The molecule has 9 aromatic rings. The van der Waals surface area contributed by atoms with E-state index in [4.69, 9.17) is 0 Å². The van der Waals surface area contributed by atoms with Crippen LogP contribution in [0.3, 0.4) is 0 Å². The zero-order chi connectivity index (χ0) is 41.0. The topological polar surface area (TPSA) is 6.48 Å². The molecular weight excluding hydrogens is 777 g/mol. The first-order chi connectivity index (χ1) is 30.1. The lowest BCUT2D eigenvalue weighted by Crippen LogP contribution is -2.36. The Morgan fingerprint density at radius 2 is 1.23 bits per heavy atom. The molecule has 11 rings (SSSR count). The van der Waals surface area contributed by atoms with Crippen molar-refractivity contribution < 1.29 is 0 Å². The summed E-state index contributed by atoms with van der Waals surface area (Å²) in [6.45, 7) is 8.80. The smallest absolute Gasteiger partial charge is 0.0546 e. The first-order valence-corrected chi connectivity index (χ1v) is 23.1. The molecule has 1 aliphatic carbocycles. The highest BCUT2D eigenvalue weighted by Gasteiger charge is 2.33. The molecule has 0 amide bonds. The third kappa shape index (κ3) is 6.40. The van der Waals surface area contributed by atoms with Crippen molar-refractivity contribution in [1.82, 2.24) is 0 Å². The van der Waals surface area contributed by atoms with Crippen LogP contribution in [0.1, 0.15) is 31.7 Å². The van der Waals surface area contributed by atoms with E-state index >= 15 is 0 Å². The molecule has 8 aromatic carbocycles. The highest BCUT2D eigenvalue weighted by Crippen LogP contribution is 2.52. The maximum absolute atomic E-state index is 4.31. The summed E-state index contributed by atoms with van der Waals surface area (Å²) in [7, 11) is 0. The maximum atomic E-state index is 4.31. The fourth-order valence-corrected chi connectivity index (χ4v) is 12.4. The van der Waals surface area contributed by atoms with Crippen LogP contribution < -0.4 is 9.80 Å². The Balaban J connectivity index is 1.17. The van der Waals surface area contributed by atoms with E-state index in [0.717, 1.165) is 23.5 Å². The molecule has 0 bridgehead atoms. The van der Waals surface area contributed by atoms with Crippen molar-refractivity contribution in [2.24, 2.45) is 5.92 Å². The largest absolute Gasteiger partial charge is 0.337 e. The number of rotatable bonds is 10. The zero-order valence-corrected chi connectivity index (χ0v) is 36.0. The van der Waals surface area contributed by atoms with E-state index in [1.165, 1.54) is 74.3 Å². The third-order valence-electron chi connectivity index (χ3n) is 12.8. The third-order valence-corrected chi connectivity index (χ3v) is 15.3. The number of thioether (sulfide) groups is 1. The van der Waals surface area contributed by atoms with Gasteiger partial charge in [0.15, 0.2) is 0 Å². The highest BCUT2D eigenvalue weighted by molar-refractivity contribution is 8.00. The molecule has 61 heavy (non-hydrogen) atoms. The zero-order valence-electron chi connectivity index (χ0n) is 34.4. The minimum absolute atomic E-state index is 0.140. The van der Waals surface area contributed by atoms with E-state index in [0.29, 0.717) is 11.2 Å². The maximum Gasteiger partial charge on any atom is 0.0546 e. The van der Waals surface area contributed by atoms with Gasteiger partial charge in [-0.25, -0.2) is 0 Å². The first kappa shape index (κ1) is 37.7. The molecule has 0 fully saturated rings. The molecule has 0 spiro atoms. The van der Waals surface area contributed by atoms with Crippen LogP contribution in [0.5, 0.6) is 0 Å². The van der Waals surface area contributed by atoms with Gasteiger partial charge in [0.25, 0.3) is 0 Å². The van der Waals surface area contributed by atoms with Gasteiger partial charge in [-0.05, 0) is 113 Å². The molecule has 0 radical (unpaired) electrons. The summed E-state index contributed by atoms with van der Waals surface area (Å²) in [6.07, 6.45) is 16.7. The number of hydrogen-bond donors (Lipinski definition) is 0. The van der Waals surface area contributed by atoms with Crippen molar-refractivity contribution >= 4 is 104 Å². The first-order valence-electron chi connectivity index (χ1n) is 21.4. The molecule has 1 aromatic heterocycles. The SMILES string of the molecule is C=CCC(C(C)/C=C\C)N(c1ccc2c(c1)C1C=CC=CC1S2)c1cc2c3ccccc3c(N(c3ccccc3)c3ccc4sc5ccccc5c4c3)cc2c2ccccc12. The summed E-state index contributed by atoms with van der Waals surface area (Å²) in [5.74, 6) is 0.640. The van der Waals surface area contributed by atoms with Crippen molar-refractivity contribution in [2.45, 2.75) is 42.4 Å². The molecule has 2 heterocycles. The average Bonchev–Trinajstić information content (AvgIpc) is 3.87. The van der Waals surface area contributed by atoms with Crippen LogP contribution in [0, 0.1) is 5.92 Å². The quantitative estimate of drug-likeness (QED) is 0.100. The van der Waals surface area contributed by atoms with E-state index < -0.39 is 0 Å². The number of allylic oxidation sites excluding steroid dienone is 4. The van der Waals surface area contributed by atoms with Gasteiger partial charge in [-0.15, -0.1) is 29.7 Å². The van der Waals surface area contributed by atoms with Crippen LogP contribution in [-0.2, 0) is 0 Å². The lowest BCUT2D eigenvalue weighted by atomic mass is 9.89. The van der Waals surface area contributed by atoms with E-state index in [9.17, 15) is 0 Å². The van der Waals surface area contributed by atoms with Crippen molar-refractivity contribution in [3.8, 4) is 0 Å². The number of para-hydroxylation sites is 1. The number of nitrogens with zero attached hydrogens (tertiary/aromatic N) is 2. The Hall–Kier alpha value is -6.33. The number of fused-ring (bicyclic) bond motifs is 11. The van der Waals surface area contributed by atoms with Gasteiger partial charge in [0.2, 0.25) is 0 Å². The summed E-state index contributed by atoms with van der Waals surface area (Å²) >= 11 is 3.85. The molecule has 1 aliphatic heterocycles. The Labute approximate surface area is 366 Å². The Morgan fingerprint density at radius 3 is 1.98 bits per heavy atom. The number of hydrogen-bond acceptors (Lipinski definition) is 4. The number of anilines is 5. The van der Waals surface area contributed by atoms with Crippen LogP contribution in [0.15, 0.2) is 206 Å². The second-order valence-electron chi connectivity index (χ2n) is 16.4. The van der Waals surface area contributed by atoms with Gasteiger partial charge in [0.1, 0.15) is 0 Å². The molecule has 0 N–H and O–H groups in total. The van der Waals surface area contributed by atoms with E-state index in [1.807, 2.05) is 23.1 Å². The van der Waals surface area contributed by atoms with Crippen LogP contribution in [-0.4, -0.2) is 11.3 Å². The second kappa shape index (κ2) is 15.6. The van der Waals surface area contributed by atoms with Crippen LogP contribution in [0.25, 0.3) is 52.5 Å². The van der Waals surface area contributed by atoms with Crippen LogP contribution >= 0.6 is 23.1 Å². The normalized spacial score (nSPS) is 16.8. The number of benzene rings is 8. The van der Waals surface area contributed by atoms with Crippen LogP contribution in [0.2, 0.25) is 0 Å². The van der Waals surface area contributed by atoms with E-state index in [1.54, 1.807) is 0 Å². The summed E-state index contributed by atoms with van der Waals surface area (Å²) in [5, 5.41) is 10.5. The lowest BCUT2D eigenvalue weighted by molar-refractivity contribution is 0.533. The summed E-state index contributed by atoms with van der Waals surface area (Å²) in [5.41, 5.74) is 7.30. The highest BCUT2D eigenvalue weighted by atomic mass is 32.2. The lowest BCUT2D eigenvalue weighted by Gasteiger charge is -2.38. The monoisotopic (exact) mass is 822 g/mol. The van der Waals surface area contributed by atoms with Crippen molar-refractivity contribution in [1.29, 1.82) is 0 Å². The van der Waals surface area contributed by atoms with E-state index in [-0.39, 0.29) is 12.0 Å². The minimum Gasteiger partial charge on any atom is -0.337 e. The predicted molar refractivity (Wildman–Crippen MR) is 268 cm³/mol. The van der Waals surface area contributed by atoms with Crippen molar-refractivity contribution in [3.63, 3.8) is 0 Å². The molecule has 0 saturated carbocycles. The molecule has 2 nitrogen and oxygen atoms in total. The Kier molecular flexibility index (Phi) is 9.63. The minimum atomic E-state index is 0.140. The van der Waals surface area contributed by atoms with Crippen molar-refractivity contribution in [2.75, 3.05) is 9.80 Å². The molecule has 4 unspecified atom stereocenters. The predicted octanol–water partition coefficient (Wildman–Crippen LogP) is 17.0.